The van der Waals surface area contributed by atoms with Gasteiger partial charge in [-0.1, -0.05) is 19.8 Å². The van der Waals surface area contributed by atoms with Gasteiger partial charge in [-0.2, -0.15) is 0 Å². The molecule has 2 atom stereocenters. The van der Waals surface area contributed by atoms with Crippen molar-refractivity contribution in [3.8, 4) is 0 Å². The van der Waals surface area contributed by atoms with Gasteiger partial charge in [-0.3, -0.25) is 14.8 Å². The van der Waals surface area contributed by atoms with Crippen LogP contribution in [-0.2, 0) is 9.59 Å². The second-order valence-corrected chi connectivity index (χ2v) is 4.79. The zero-order valence-electron chi connectivity index (χ0n) is 10.8. The minimum Gasteiger partial charge on any atom is -0.391 e. The molecular weight excluding hydrogens is 236 g/mol. The summed E-state index contributed by atoms with van der Waals surface area (Å²) in [5.41, 5.74) is 0. The molecule has 0 spiro atoms. The molecule has 1 saturated heterocycles. The molecule has 1 heterocycles. The Hall–Kier alpha value is -1.14. The highest BCUT2D eigenvalue weighted by atomic mass is 16.5. The topological polar surface area (TPSA) is 81.1 Å². The molecule has 6 nitrogen and oxygen atoms in total. The van der Waals surface area contributed by atoms with Crippen molar-refractivity contribution in [3.05, 3.63) is 0 Å². The Balaban J connectivity index is 2.56. The van der Waals surface area contributed by atoms with Crippen LogP contribution in [0.5, 0.6) is 0 Å². The van der Waals surface area contributed by atoms with Crippen molar-refractivity contribution in [1.29, 1.82) is 0 Å². The lowest BCUT2D eigenvalue weighted by molar-refractivity contribution is -0.156. The maximum Gasteiger partial charge on any atom is 0.233 e. The minimum atomic E-state index is -0.447. The van der Waals surface area contributed by atoms with Gasteiger partial charge in [-0.25, -0.2) is 5.06 Å². The Morgan fingerprint density at radius 1 is 1.61 bits per heavy atom. The van der Waals surface area contributed by atoms with E-state index in [1.54, 1.807) is 4.90 Å². The lowest BCUT2D eigenvalue weighted by Crippen LogP contribution is -2.40. The number of rotatable bonds is 7. The maximum atomic E-state index is 12.2. The van der Waals surface area contributed by atoms with E-state index in [9.17, 15) is 19.9 Å². The molecule has 1 rings (SSSR count). The summed E-state index contributed by atoms with van der Waals surface area (Å²) in [7, 11) is 0. The van der Waals surface area contributed by atoms with Crippen molar-refractivity contribution in [3.63, 3.8) is 0 Å². The third kappa shape index (κ3) is 4.27. The second kappa shape index (κ2) is 7.33. The van der Waals surface area contributed by atoms with Gasteiger partial charge in [-0.15, -0.1) is 0 Å². The molecule has 6 heteroatoms. The van der Waals surface area contributed by atoms with E-state index in [0.29, 0.717) is 37.4 Å². The van der Waals surface area contributed by atoms with Crippen LogP contribution >= 0.6 is 0 Å². The first kappa shape index (κ1) is 14.9. The van der Waals surface area contributed by atoms with Crippen LogP contribution < -0.4 is 0 Å². The van der Waals surface area contributed by atoms with Gasteiger partial charge in [0.2, 0.25) is 12.3 Å². The lowest BCUT2D eigenvalue weighted by Gasteiger charge is -2.24. The van der Waals surface area contributed by atoms with Crippen LogP contribution in [0.2, 0.25) is 0 Å². The number of likely N-dealkylation sites (tertiary alicyclic amines) is 1. The Labute approximate surface area is 107 Å². The largest absolute Gasteiger partial charge is 0.391 e. The van der Waals surface area contributed by atoms with Crippen LogP contribution in [0.3, 0.4) is 0 Å². The molecule has 0 radical (unpaired) electrons. The number of nitrogens with zero attached hydrogens (tertiary/aromatic N) is 2. The highest BCUT2D eigenvalue weighted by Gasteiger charge is 2.30. The summed E-state index contributed by atoms with van der Waals surface area (Å²) < 4.78 is 0. The van der Waals surface area contributed by atoms with E-state index in [2.05, 4.69) is 0 Å². The Kier molecular flexibility index (Phi) is 6.07. The molecule has 2 N–H and O–H groups in total. The quantitative estimate of drug-likeness (QED) is 0.389. The van der Waals surface area contributed by atoms with E-state index in [1.807, 2.05) is 6.92 Å². The monoisotopic (exact) mass is 258 g/mol. The average Bonchev–Trinajstić information content (AvgIpc) is 2.79. The van der Waals surface area contributed by atoms with Crippen molar-refractivity contribution in [1.82, 2.24) is 9.96 Å². The summed E-state index contributed by atoms with van der Waals surface area (Å²) in [6.45, 7) is 2.95. The molecule has 1 fully saturated rings. The van der Waals surface area contributed by atoms with Crippen molar-refractivity contribution < 1.29 is 19.9 Å². The normalized spacial score (nSPS) is 20.8. The van der Waals surface area contributed by atoms with E-state index < -0.39 is 6.10 Å². The molecule has 18 heavy (non-hydrogen) atoms. The minimum absolute atomic E-state index is 0.0227. The predicted molar refractivity (Wildman–Crippen MR) is 64.8 cm³/mol. The molecule has 0 aromatic carbocycles. The average molecular weight is 258 g/mol. The number of carbonyl (C=O) groups is 2. The molecule has 0 aromatic rings. The van der Waals surface area contributed by atoms with Gasteiger partial charge in [0.05, 0.1) is 18.6 Å². The number of aliphatic hydroxyl groups is 1. The van der Waals surface area contributed by atoms with Crippen molar-refractivity contribution in [2.75, 3.05) is 19.6 Å². The van der Waals surface area contributed by atoms with E-state index in [1.165, 1.54) is 0 Å². The maximum absolute atomic E-state index is 12.2. The van der Waals surface area contributed by atoms with Crippen LogP contribution in [0.25, 0.3) is 0 Å². The van der Waals surface area contributed by atoms with Crippen LogP contribution in [0.4, 0.5) is 0 Å². The van der Waals surface area contributed by atoms with Gasteiger partial charge in [0.25, 0.3) is 0 Å². The number of β-amino-alcohol motifs (C(OH)–C–C–N with tert-alkyl or cyclic N) is 1. The first-order chi connectivity index (χ1) is 8.58. The van der Waals surface area contributed by atoms with Gasteiger partial charge in [0.15, 0.2) is 0 Å². The van der Waals surface area contributed by atoms with E-state index >= 15 is 0 Å². The second-order valence-electron chi connectivity index (χ2n) is 4.79. The van der Waals surface area contributed by atoms with Gasteiger partial charge >= 0.3 is 0 Å². The third-order valence-electron chi connectivity index (χ3n) is 3.26. The summed E-state index contributed by atoms with van der Waals surface area (Å²) in [4.78, 5) is 24.2. The molecule has 0 bridgehead atoms. The summed E-state index contributed by atoms with van der Waals surface area (Å²) in [5, 5.41) is 19.2. The number of aliphatic hydroxyl groups excluding tert-OH is 1. The van der Waals surface area contributed by atoms with Gasteiger partial charge in [-0.05, 0) is 12.8 Å². The number of unbranched alkanes of at least 4 members (excludes halogenated alkanes) is 1. The Morgan fingerprint density at radius 2 is 2.33 bits per heavy atom. The zero-order chi connectivity index (χ0) is 13.5. The number of hydroxylamine groups is 2. The Bertz CT molecular complexity index is 285. The number of hydrogen-bond donors (Lipinski definition) is 2. The Morgan fingerprint density at radius 3 is 2.83 bits per heavy atom. The van der Waals surface area contributed by atoms with Crippen LogP contribution in [-0.4, -0.2) is 58.3 Å². The molecular formula is C12H22N2O4. The highest BCUT2D eigenvalue weighted by molar-refractivity contribution is 5.79. The molecule has 0 unspecified atom stereocenters. The summed E-state index contributed by atoms with van der Waals surface area (Å²) in [5.74, 6) is -0.466. The summed E-state index contributed by atoms with van der Waals surface area (Å²) >= 11 is 0. The number of carbonyl (C=O) groups excluding carboxylic acids is 2. The zero-order valence-corrected chi connectivity index (χ0v) is 10.8. The van der Waals surface area contributed by atoms with Gasteiger partial charge < -0.3 is 10.0 Å². The SMILES string of the molecule is CCCC[C@H](CN(O)C=O)C(=O)N1CC[C@@H](O)C1. The van der Waals surface area contributed by atoms with E-state index in [-0.39, 0.29) is 18.4 Å². The summed E-state index contributed by atoms with van der Waals surface area (Å²) in [6.07, 6.45) is 2.94. The number of hydrogen-bond acceptors (Lipinski definition) is 4. The van der Waals surface area contributed by atoms with E-state index in [4.69, 9.17) is 0 Å². The summed E-state index contributed by atoms with van der Waals surface area (Å²) in [6, 6.07) is 0. The van der Waals surface area contributed by atoms with Crippen LogP contribution in [0.1, 0.15) is 32.6 Å². The molecule has 1 aliphatic heterocycles. The van der Waals surface area contributed by atoms with Crippen LogP contribution in [0, 0.1) is 5.92 Å². The fourth-order valence-corrected chi connectivity index (χ4v) is 2.21. The van der Waals surface area contributed by atoms with Gasteiger partial charge in [0.1, 0.15) is 0 Å². The first-order valence-corrected chi connectivity index (χ1v) is 6.46. The molecule has 0 aromatic heterocycles. The van der Waals surface area contributed by atoms with Crippen molar-refractivity contribution in [2.45, 2.75) is 38.7 Å². The fraction of sp³-hybridized carbons (Fsp3) is 0.833. The van der Waals surface area contributed by atoms with Crippen molar-refractivity contribution in [2.24, 2.45) is 5.92 Å². The van der Waals surface area contributed by atoms with E-state index in [0.717, 1.165) is 12.8 Å². The highest BCUT2D eigenvalue weighted by Crippen LogP contribution is 2.17. The molecule has 1 aliphatic rings. The molecule has 104 valence electrons. The molecule has 0 saturated carbocycles. The van der Waals surface area contributed by atoms with Crippen LogP contribution in [0.15, 0.2) is 0 Å². The molecule has 2 amide bonds. The predicted octanol–water partition coefficient (Wildman–Crippen LogP) is 0.234. The molecule has 0 aliphatic carbocycles. The lowest BCUT2D eigenvalue weighted by atomic mass is 10.0. The third-order valence-corrected chi connectivity index (χ3v) is 3.26. The smallest absolute Gasteiger partial charge is 0.233 e. The fourth-order valence-electron chi connectivity index (χ4n) is 2.21. The van der Waals surface area contributed by atoms with Gasteiger partial charge in [0, 0.05) is 13.1 Å². The number of amides is 2. The first-order valence-electron chi connectivity index (χ1n) is 6.46. The van der Waals surface area contributed by atoms with Crippen molar-refractivity contribution >= 4 is 12.3 Å². The standard InChI is InChI=1S/C12H22N2O4/c1-2-3-4-10(7-14(18)9-15)12(17)13-6-5-11(16)8-13/h9-11,16,18H,2-8H2,1H3/t10-,11-/m1/s1.